The van der Waals surface area contributed by atoms with Gasteiger partial charge in [0.25, 0.3) is 0 Å². The second kappa shape index (κ2) is 8.99. The molecule has 33 heavy (non-hydrogen) atoms. The number of nitrogens with one attached hydrogen (secondary N) is 2. The van der Waals surface area contributed by atoms with E-state index in [0.29, 0.717) is 34.5 Å². The summed E-state index contributed by atoms with van der Waals surface area (Å²) < 4.78 is 12.9. The first-order chi connectivity index (χ1) is 15.8. The first-order valence-corrected chi connectivity index (χ1v) is 10.3. The molecular formula is C24H26N6O3+2. The van der Waals surface area contributed by atoms with Crippen LogP contribution >= 0.6 is 0 Å². The molecule has 168 valence electrons. The average molecular weight is 447 g/mol. The Hall–Kier alpha value is -4.40. The summed E-state index contributed by atoms with van der Waals surface area (Å²) in [6, 6.07) is 14.3. The molecule has 2 amide bonds. The van der Waals surface area contributed by atoms with Crippen molar-refractivity contribution in [1.82, 2.24) is 9.13 Å². The Morgan fingerprint density at radius 1 is 0.697 bits per heavy atom. The second-order valence-electron chi connectivity index (χ2n) is 7.75. The van der Waals surface area contributed by atoms with Crippen LogP contribution in [0, 0.1) is 0 Å². The molecule has 0 radical (unpaired) electrons. The van der Waals surface area contributed by atoms with Crippen molar-refractivity contribution in [2.24, 2.45) is 28.2 Å². The van der Waals surface area contributed by atoms with Gasteiger partial charge in [-0.15, -0.1) is 0 Å². The minimum atomic E-state index is -0.194. The van der Waals surface area contributed by atoms with E-state index in [1.54, 1.807) is 66.8 Å². The average Bonchev–Trinajstić information content (AvgIpc) is 3.30. The fraction of sp³-hybridized carbons (Fsp3) is 0.167. The van der Waals surface area contributed by atoms with Crippen LogP contribution in [0.2, 0.25) is 0 Å². The lowest BCUT2D eigenvalue weighted by Gasteiger charge is -2.09. The van der Waals surface area contributed by atoms with E-state index in [0.717, 1.165) is 0 Å². The molecule has 2 heterocycles. The Morgan fingerprint density at radius 2 is 1.06 bits per heavy atom. The molecule has 0 saturated carbocycles. The Morgan fingerprint density at radius 3 is 1.36 bits per heavy atom. The van der Waals surface area contributed by atoms with E-state index in [1.807, 2.05) is 53.0 Å². The number of hydrogen-bond acceptors (Lipinski definition) is 3. The highest BCUT2D eigenvalue weighted by Gasteiger charge is 2.22. The van der Waals surface area contributed by atoms with Crippen LogP contribution in [0.4, 0.5) is 11.4 Å². The highest BCUT2D eigenvalue weighted by molar-refractivity contribution is 6.01. The summed E-state index contributed by atoms with van der Waals surface area (Å²) >= 11 is 0. The number of carbonyl (C=O) groups excluding carboxylic acids is 2. The van der Waals surface area contributed by atoms with E-state index < -0.39 is 0 Å². The number of carbonyl (C=O) groups is 2. The molecule has 0 atom stereocenters. The molecular weight excluding hydrogens is 420 g/mol. The van der Waals surface area contributed by atoms with Gasteiger partial charge in [0.1, 0.15) is 36.3 Å². The van der Waals surface area contributed by atoms with Crippen LogP contribution in [0.15, 0.2) is 73.3 Å². The van der Waals surface area contributed by atoms with Gasteiger partial charge >= 0.3 is 23.5 Å². The predicted octanol–water partition coefficient (Wildman–Crippen LogP) is 2.31. The van der Waals surface area contributed by atoms with Crippen molar-refractivity contribution >= 4 is 23.2 Å². The van der Waals surface area contributed by atoms with E-state index in [2.05, 4.69) is 10.6 Å². The maximum absolute atomic E-state index is 12.5. The number of benzene rings is 2. The highest BCUT2D eigenvalue weighted by atomic mass is 16.5. The smallest absolute Gasteiger partial charge is 0.347 e. The standard InChI is InChI=1S/C24H24N6O3/c1-27-13-14-28(2)23(27)21(31)25-17-5-9-19(10-6-17)33-20-11-7-18(8-12-20)26-22(32)24-29(3)15-16-30(24)4/h5-16H,1-4H3/p+2. The number of anilines is 2. The molecule has 0 unspecified atom stereocenters. The summed E-state index contributed by atoms with van der Waals surface area (Å²) in [5, 5.41) is 5.76. The molecule has 2 aromatic heterocycles. The van der Waals surface area contributed by atoms with Crippen molar-refractivity contribution in [2.45, 2.75) is 0 Å². The van der Waals surface area contributed by atoms with Crippen molar-refractivity contribution in [3.63, 3.8) is 0 Å². The first kappa shape index (κ1) is 21.8. The molecule has 9 nitrogen and oxygen atoms in total. The van der Waals surface area contributed by atoms with Crippen molar-refractivity contribution < 1.29 is 23.5 Å². The Labute approximate surface area is 191 Å². The Bertz CT molecular complexity index is 1160. The zero-order valence-electron chi connectivity index (χ0n) is 18.9. The van der Waals surface area contributed by atoms with Crippen LogP contribution in [0.5, 0.6) is 11.5 Å². The molecule has 9 heteroatoms. The summed E-state index contributed by atoms with van der Waals surface area (Å²) in [4.78, 5) is 25.0. The highest BCUT2D eigenvalue weighted by Crippen LogP contribution is 2.24. The number of ether oxygens (including phenoxy) is 1. The molecule has 0 aliphatic carbocycles. The number of nitrogens with zero attached hydrogens (tertiary/aromatic N) is 4. The molecule has 2 N–H and O–H groups in total. The van der Waals surface area contributed by atoms with Crippen LogP contribution in [0.25, 0.3) is 0 Å². The van der Waals surface area contributed by atoms with E-state index in [9.17, 15) is 9.59 Å². The minimum absolute atomic E-state index is 0.194. The fourth-order valence-electron chi connectivity index (χ4n) is 3.54. The van der Waals surface area contributed by atoms with Gasteiger partial charge in [-0.05, 0) is 48.5 Å². The quantitative estimate of drug-likeness (QED) is 0.446. The SMILES string of the molecule is Cn1cc[n+](C)c1C(=O)Nc1ccc(Oc2ccc(NC(=O)c3n(C)cc[n+]3C)cc2)cc1. The van der Waals surface area contributed by atoms with E-state index in [4.69, 9.17) is 4.74 Å². The third kappa shape index (κ3) is 4.77. The van der Waals surface area contributed by atoms with Gasteiger partial charge in [0.15, 0.2) is 0 Å². The molecule has 4 aromatic rings. The van der Waals surface area contributed by atoms with Gasteiger partial charge in [-0.2, -0.15) is 0 Å². The third-order valence-corrected chi connectivity index (χ3v) is 5.23. The monoisotopic (exact) mass is 446 g/mol. The van der Waals surface area contributed by atoms with E-state index >= 15 is 0 Å². The zero-order chi connectivity index (χ0) is 23.5. The summed E-state index contributed by atoms with van der Waals surface area (Å²) in [5.74, 6) is 1.96. The molecule has 0 saturated heterocycles. The van der Waals surface area contributed by atoms with Crippen LogP contribution < -0.4 is 24.5 Å². The van der Waals surface area contributed by atoms with Crippen molar-refractivity contribution in [2.75, 3.05) is 10.6 Å². The van der Waals surface area contributed by atoms with Gasteiger partial charge in [-0.3, -0.25) is 9.59 Å². The largest absolute Gasteiger partial charge is 0.457 e. The van der Waals surface area contributed by atoms with Crippen LogP contribution in [0.1, 0.15) is 21.2 Å². The molecule has 0 aliphatic heterocycles. The predicted molar refractivity (Wildman–Crippen MR) is 122 cm³/mol. The molecule has 0 fully saturated rings. The number of rotatable bonds is 6. The normalized spacial score (nSPS) is 10.7. The topological polar surface area (TPSA) is 85.1 Å². The van der Waals surface area contributed by atoms with Gasteiger partial charge in [-0.25, -0.2) is 18.3 Å². The fourth-order valence-corrected chi connectivity index (χ4v) is 3.54. The number of aryl methyl sites for hydroxylation is 4. The maximum atomic E-state index is 12.5. The first-order valence-electron chi connectivity index (χ1n) is 10.3. The van der Waals surface area contributed by atoms with Gasteiger partial charge < -0.3 is 15.4 Å². The lowest BCUT2D eigenvalue weighted by Crippen LogP contribution is -2.37. The number of amides is 2. The minimum Gasteiger partial charge on any atom is -0.457 e. The van der Waals surface area contributed by atoms with Crippen LogP contribution in [0.3, 0.4) is 0 Å². The summed E-state index contributed by atoms with van der Waals surface area (Å²) in [5.41, 5.74) is 1.33. The van der Waals surface area contributed by atoms with Crippen LogP contribution in [-0.4, -0.2) is 20.9 Å². The zero-order valence-corrected chi connectivity index (χ0v) is 18.9. The summed E-state index contributed by atoms with van der Waals surface area (Å²) in [6.45, 7) is 0. The number of imidazole rings is 2. The van der Waals surface area contributed by atoms with Gasteiger partial charge in [0.2, 0.25) is 0 Å². The Balaban J connectivity index is 1.36. The third-order valence-electron chi connectivity index (χ3n) is 5.23. The van der Waals surface area contributed by atoms with Gasteiger partial charge in [0.05, 0.1) is 28.2 Å². The van der Waals surface area contributed by atoms with Gasteiger partial charge in [-0.1, -0.05) is 0 Å². The molecule has 0 spiro atoms. The van der Waals surface area contributed by atoms with Crippen molar-refractivity contribution in [3.8, 4) is 11.5 Å². The number of hydrogen-bond donors (Lipinski definition) is 2. The summed E-state index contributed by atoms with van der Waals surface area (Å²) in [6.07, 6.45) is 7.29. The van der Waals surface area contributed by atoms with Crippen LogP contribution in [-0.2, 0) is 28.2 Å². The van der Waals surface area contributed by atoms with Gasteiger partial charge in [0, 0.05) is 11.4 Å². The Kier molecular flexibility index (Phi) is 5.95. The lowest BCUT2D eigenvalue weighted by molar-refractivity contribution is -0.672. The van der Waals surface area contributed by atoms with E-state index in [-0.39, 0.29) is 11.8 Å². The number of aromatic nitrogens is 4. The lowest BCUT2D eigenvalue weighted by atomic mass is 10.2. The summed E-state index contributed by atoms with van der Waals surface area (Å²) in [7, 11) is 7.29. The molecule has 2 aromatic carbocycles. The molecule has 0 aliphatic rings. The van der Waals surface area contributed by atoms with E-state index in [1.165, 1.54) is 0 Å². The van der Waals surface area contributed by atoms with Crippen molar-refractivity contribution in [1.29, 1.82) is 0 Å². The van der Waals surface area contributed by atoms with Crippen molar-refractivity contribution in [3.05, 3.63) is 85.0 Å². The molecule has 4 rings (SSSR count). The molecule has 0 bridgehead atoms. The second-order valence-corrected chi connectivity index (χ2v) is 7.75. The maximum Gasteiger partial charge on any atom is 0.347 e.